The third kappa shape index (κ3) is 5.63. The lowest BCUT2D eigenvalue weighted by molar-refractivity contribution is -0.196. The fourth-order valence-electron chi connectivity index (χ4n) is 2.98. The molecule has 1 saturated heterocycles. The largest absolute Gasteiger partial charge is 0.494 e. The molecule has 1 aliphatic heterocycles. The summed E-state index contributed by atoms with van der Waals surface area (Å²) in [4.78, 5) is 13.2. The molecule has 0 bridgehead atoms. The number of ether oxygens (including phenoxy) is 1. The van der Waals surface area contributed by atoms with Crippen LogP contribution >= 0.6 is 0 Å². The number of carbonyl (C=O) groups excluding carboxylic acids is 1. The maximum atomic E-state index is 13.1. The molecule has 0 unspecified atom stereocenters. The summed E-state index contributed by atoms with van der Waals surface area (Å²) >= 11 is 0. The van der Waals surface area contributed by atoms with Crippen molar-refractivity contribution in [2.75, 3.05) is 13.2 Å². The molecule has 1 aromatic carbocycles. The molecule has 7 heteroatoms. The van der Waals surface area contributed by atoms with Crippen LogP contribution in [0.2, 0.25) is 0 Å². The van der Waals surface area contributed by atoms with E-state index in [4.69, 9.17) is 10.5 Å². The average Bonchev–Trinajstić information content (AvgIpc) is 2.57. The number of amides is 1. The Labute approximate surface area is 146 Å². The Hall–Kier alpha value is -1.76. The smallest absolute Gasteiger partial charge is 0.408 e. The summed E-state index contributed by atoms with van der Waals surface area (Å²) in [5.74, 6) is 0.250. The molecule has 0 spiro atoms. The van der Waals surface area contributed by atoms with Crippen molar-refractivity contribution in [2.45, 2.75) is 57.3 Å². The molecule has 1 amide bonds. The van der Waals surface area contributed by atoms with Gasteiger partial charge in [-0.15, -0.1) is 0 Å². The van der Waals surface area contributed by atoms with Gasteiger partial charge in [0.15, 0.2) is 0 Å². The van der Waals surface area contributed by atoms with Gasteiger partial charge in [-0.1, -0.05) is 19.1 Å². The number of nitrogens with two attached hydrogens (primary N) is 1. The predicted octanol–water partition coefficient (Wildman–Crippen LogP) is 3.29. The monoisotopic (exact) mass is 358 g/mol. The summed E-state index contributed by atoms with van der Waals surface area (Å²) in [5.41, 5.74) is 6.65. The number of aryl methyl sites for hydroxylation is 1. The van der Waals surface area contributed by atoms with Crippen LogP contribution in [-0.2, 0) is 11.2 Å². The number of piperidine rings is 1. The molecule has 2 N–H and O–H groups in total. The zero-order valence-electron chi connectivity index (χ0n) is 14.4. The fourth-order valence-corrected chi connectivity index (χ4v) is 2.98. The molecule has 0 aromatic heterocycles. The van der Waals surface area contributed by atoms with E-state index in [1.54, 1.807) is 0 Å². The molecule has 0 aliphatic carbocycles. The lowest BCUT2D eigenvalue weighted by atomic mass is 9.97. The Morgan fingerprint density at radius 1 is 1.28 bits per heavy atom. The van der Waals surface area contributed by atoms with Gasteiger partial charge in [-0.2, -0.15) is 13.2 Å². The molecule has 140 valence electrons. The normalized spacial score (nSPS) is 21.2. The lowest BCUT2D eigenvalue weighted by Crippen LogP contribution is -2.56. The van der Waals surface area contributed by atoms with Gasteiger partial charge >= 0.3 is 6.18 Å². The Kier molecular flexibility index (Phi) is 6.70. The Morgan fingerprint density at radius 3 is 2.56 bits per heavy atom. The van der Waals surface area contributed by atoms with E-state index in [1.165, 1.54) is 0 Å². The first-order valence-corrected chi connectivity index (χ1v) is 8.64. The molecule has 1 aromatic rings. The van der Waals surface area contributed by atoms with Crippen LogP contribution in [-0.4, -0.2) is 42.2 Å². The first kappa shape index (κ1) is 19.6. The van der Waals surface area contributed by atoms with Crippen molar-refractivity contribution in [2.24, 2.45) is 5.73 Å². The van der Waals surface area contributed by atoms with E-state index in [2.05, 4.69) is 0 Å². The number of carbonyl (C=O) groups is 1. The van der Waals surface area contributed by atoms with Gasteiger partial charge in [0.25, 0.3) is 0 Å². The second-order valence-corrected chi connectivity index (χ2v) is 6.43. The zero-order valence-corrected chi connectivity index (χ0v) is 14.4. The minimum Gasteiger partial charge on any atom is -0.494 e. The zero-order chi connectivity index (χ0) is 18.4. The van der Waals surface area contributed by atoms with Gasteiger partial charge in [0, 0.05) is 19.0 Å². The highest BCUT2D eigenvalue weighted by Crippen LogP contribution is 2.32. The van der Waals surface area contributed by atoms with Crippen molar-refractivity contribution in [3.63, 3.8) is 0 Å². The van der Waals surface area contributed by atoms with Gasteiger partial charge < -0.3 is 15.4 Å². The Balaban J connectivity index is 1.93. The number of likely N-dealkylation sites (tertiary alicyclic amines) is 1. The topological polar surface area (TPSA) is 55.6 Å². The molecular formula is C18H25F3N2O2. The minimum atomic E-state index is -4.41. The second-order valence-electron chi connectivity index (χ2n) is 6.43. The average molecular weight is 358 g/mol. The lowest BCUT2D eigenvalue weighted by Gasteiger charge is -2.39. The number of alkyl halides is 3. The Bertz CT molecular complexity index is 560. The van der Waals surface area contributed by atoms with Gasteiger partial charge in [0.1, 0.15) is 11.8 Å². The van der Waals surface area contributed by atoms with Gasteiger partial charge in [-0.05, 0) is 43.4 Å². The minimum absolute atomic E-state index is 0.0349. The van der Waals surface area contributed by atoms with Gasteiger partial charge in [0.05, 0.1) is 6.61 Å². The summed E-state index contributed by atoms with van der Waals surface area (Å²) in [6.07, 6.45) is -2.91. The van der Waals surface area contributed by atoms with Crippen LogP contribution in [0, 0.1) is 0 Å². The number of hydrogen-bond donors (Lipinski definition) is 1. The molecule has 1 aliphatic rings. The van der Waals surface area contributed by atoms with E-state index < -0.39 is 24.2 Å². The Morgan fingerprint density at radius 2 is 1.96 bits per heavy atom. The number of halogens is 3. The summed E-state index contributed by atoms with van der Waals surface area (Å²) in [5, 5.41) is 0. The van der Waals surface area contributed by atoms with Crippen LogP contribution in [0.5, 0.6) is 5.75 Å². The van der Waals surface area contributed by atoms with E-state index in [0.717, 1.165) is 22.6 Å². The van der Waals surface area contributed by atoms with Gasteiger partial charge in [-0.3, -0.25) is 4.79 Å². The van der Waals surface area contributed by atoms with Crippen LogP contribution in [0.4, 0.5) is 13.2 Å². The molecule has 4 nitrogen and oxygen atoms in total. The van der Waals surface area contributed by atoms with Crippen molar-refractivity contribution in [1.29, 1.82) is 0 Å². The summed E-state index contributed by atoms with van der Waals surface area (Å²) in [7, 11) is 0. The number of nitrogens with zero attached hydrogens (tertiary/aromatic N) is 1. The molecule has 25 heavy (non-hydrogen) atoms. The van der Waals surface area contributed by atoms with E-state index in [0.29, 0.717) is 13.0 Å². The fraction of sp³-hybridized carbons (Fsp3) is 0.611. The quantitative estimate of drug-likeness (QED) is 0.849. The van der Waals surface area contributed by atoms with Crippen LogP contribution in [0.1, 0.15) is 38.2 Å². The summed E-state index contributed by atoms with van der Waals surface area (Å²) in [6.45, 7) is 2.61. The number of rotatable bonds is 6. The van der Waals surface area contributed by atoms with Crippen LogP contribution in [0.3, 0.4) is 0 Å². The summed E-state index contributed by atoms with van der Waals surface area (Å²) in [6, 6.07) is 5.18. The predicted molar refractivity (Wildman–Crippen MR) is 89.3 cm³/mol. The van der Waals surface area contributed by atoms with Crippen LogP contribution in [0.25, 0.3) is 0 Å². The molecule has 1 heterocycles. The van der Waals surface area contributed by atoms with Crippen molar-refractivity contribution in [3.05, 3.63) is 29.8 Å². The molecule has 0 radical (unpaired) electrons. The van der Waals surface area contributed by atoms with Gasteiger partial charge in [-0.25, -0.2) is 0 Å². The van der Waals surface area contributed by atoms with Crippen molar-refractivity contribution in [1.82, 2.24) is 4.90 Å². The highest BCUT2D eigenvalue weighted by molar-refractivity contribution is 5.77. The third-order valence-electron chi connectivity index (χ3n) is 4.34. The molecule has 1 fully saturated rings. The molecular weight excluding hydrogens is 333 g/mol. The first-order chi connectivity index (χ1) is 11.8. The van der Waals surface area contributed by atoms with E-state index in [9.17, 15) is 18.0 Å². The number of benzene rings is 1. The highest BCUT2D eigenvalue weighted by Gasteiger charge is 2.47. The van der Waals surface area contributed by atoms with Crippen LogP contribution in [0.15, 0.2) is 24.3 Å². The van der Waals surface area contributed by atoms with Crippen molar-refractivity contribution in [3.8, 4) is 5.75 Å². The van der Waals surface area contributed by atoms with Crippen molar-refractivity contribution < 1.29 is 22.7 Å². The maximum Gasteiger partial charge on any atom is 0.408 e. The maximum absolute atomic E-state index is 13.1. The second kappa shape index (κ2) is 8.56. The third-order valence-corrected chi connectivity index (χ3v) is 4.34. The summed E-state index contributed by atoms with van der Waals surface area (Å²) < 4.78 is 44.9. The van der Waals surface area contributed by atoms with E-state index in [-0.39, 0.29) is 25.8 Å². The van der Waals surface area contributed by atoms with Gasteiger partial charge in [0.2, 0.25) is 5.91 Å². The highest BCUT2D eigenvalue weighted by atomic mass is 19.4. The van der Waals surface area contributed by atoms with E-state index >= 15 is 0 Å². The SMILES string of the molecule is CCCOc1ccc(CCC(=O)N2C[C@@H](N)CC[C@@H]2C(F)(F)F)cc1. The van der Waals surface area contributed by atoms with Crippen molar-refractivity contribution >= 4 is 5.91 Å². The van der Waals surface area contributed by atoms with Crippen LogP contribution < -0.4 is 10.5 Å². The number of hydrogen-bond acceptors (Lipinski definition) is 3. The first-order valence-electron chi connectivity index (χ1n) is 8.64. The van der Waals surface area contributed by atoms with E-state index in [1.807, 2.05) is 31.2 Å². The molecule has 2 rings (SSSR count). The standard InChI is InChI=1S/C18H25F3N2O2/c1-2-11-25-15-7-3-13(4-8-15)5-10-17(24)23-12-14(22)6-9-16(23)18(19,20)21/h3-4,7-8,14,16H,2,5-6,9-12,22H2,1H3/t14-,16+/m0/s1. The molecule has 0 saturated carbocycles. The molecule has 2 atom stereocenters.